The van der Waals surface area contributed by atoms with Crippen LogP contribution in [0.2, 0.25) is 0 Å². The molecule has 1 fully saturated rings. The van der Waals surface area contributed by atoms with Gasteiger partial charge in [0.1, 0.15) is 0 Å². The number of carbonyl (C=O) groups is 1. The van der Waals surface area contributed by atoms with Crippen LogP contribution in [0, 0.1) is 19.3 Å². The summed E-state index contributed by atoms with van der Waals surface area (Å²) in [5, 5.41) is 0. The molecule has 3 nitrogen and oxygen atoms in total. The molecular formula is C30H36N2O. The Labute approximate surface area is 199 Å². The van der Waals surface area contributed by atoms with Gasteiger partial charge in [0, 0.05) is 31.6 Å². The summed E-state index contributed by atoms with van der Waals surface area (Å²) in [6.45, 7) is 13.8. The fourth-order valence-electron chi connectivity index (χ4n) is 4.71. The lowest BCUT2D eigenvalue weighted by Crippen LogP contribution is -2.53. The SMILES string of the molecule is Cc1ccc(C)c(-c2ccc(CN3CCN(C(=O)C(C)(C)C)C(c4ccccc4)C3)cc2)c1. The molecule has 1 aliphatic heterocycles. The Balaban J connectivity index is 1.51. The van der Waals surface area contributed by atoms with Gasteiger partial charge in [-0.25, -0.2) is 0 Å². The van der Waals surface area contributed by atoms with E-state index in [0.717, 1.165) is 26.2 Å². The average molecular weight is 441 g/mol. The predicted molar refractivity (Wildman–Crippen MR) is 137 cm³/mol. The van der Waals surface area contributed by atoms with Gasteiger partial charge in [-0.1, -0.05) is 99.1 Å². The van der Waals surface area contributed by atoms with Gasteiger partial charge in [0.25, 0.3) is 0 Å². The number of amides is 1. The second-order valence-corrected chi connectivity index (χ2v) is 10.4. The quantitative estimate of drug-likeness (QED) is 0.468. The number of aryl methyl sites for hydroxylation is 2. The number of benzene rings is 3. The maximum atomic E-state index is 13.2. The van der Waals surface area contributed by atoms with E-state index in [1.165, 1.54) is 33.4 Å². The smallest absolute Gasteiger partial charge is 0.228 e. The Hall–Kier alpha value is -2.91. The second-order valence-electron chi connectivity index (χ2n) is 10.4. The Kier molecular flexibility index (Phi) is 6.71. The molecule has 33 heavy (non-hydrogen) atoms. The molecule has 1 atom stereocenters. The summed E-state index contributed by atoms with van der Waals surface area (Å²) in [5.41, 5.74) is 7.31. The highest BCUT2D eigenvalue weighted by molar-refractivity contribution is 5.82. The van der Waals surface area contributed by atoms with Crippen molar-refractivity contribution < 1.29 is 4.79 Å². The lowest BCUT2D eigenvalue weighted by atomic mass is 9.91. The molecule has 1 unspecified atom stereocenters. The van der Waals surface area contributed by atoms with Gasteiger partial charge in [-0.2, -0.15) is 0 Å². The number of rotatable bonds is 4. The third-order valence-electron chi connectivity index (χ3n) is 6.62. The predicted octanol–water partition coefficient (Wildman–Crippen LogP) is 6.40. The van der Waals surface area contributed by atoms with Crippen LogP contribution in [-0.4, -0.2) is 35.3 Å². The molecule has 0 spiro atoms. The highest BCUT2D eigenvalue weighted by atomic mass is 16.2. The maximum absolute atomic E-state index is 13.2. The van der Waals surface area contributed by atoms with Crippen molar-refractivity contribution in [1.29, 1.82) is 0 Å². The van der Waals surface area contributed by atoms with E-state index in [4.69, 9.17) is 0 Å². The zero-order valence-corrected chi connectivity index (χ0v) is 20.6. The summed E-state index contributed by atoms with van der Waals surface area (Å²) < 4.78 is 0. The number of hydrogen-bond donors (Lipinski definition) is 0. The van der Waals surface area contributed by atoms with Crippen molar-refractivity contribution in [3.63, 3.8) is 0 Å². The van der Waals surface area contributed by atoms with E-state index in [2.05, 4.69) is 90.4 Å². The molecule has 0 bridgehead atoms. The normalized spacial score (nSPS) is 17.2. The summed E-state index contributed by atoms with van der Waals surface area (Å²) in [4.78, 5) is 17.8. The third kappa shape index (κ3) is 5.36. The van der Waals surface area contributed by atoms with E-state index in [-0.39, 0.29) is 17.4 Å². The van der Waals surface area contributed by atoms with Crippen LogP contribution >= 0.6 is 0 Å². The number of carbonyl (C=O) groups excluding carboxylic acids is 1. The van der Waals surface area contributed by atoms with Crippen molar-refractivity contribution >= 4 is 5.91 Å². The molecule has 0 N–H and O–H groups in total. The first-order valence-electron chi connectivity index (χ1n) is 12.0. The lowest BCUT2D eigenvalue weighted by Gasteiger charge is -2.44. The minimum absolute atomic E-state index is 0.0842. The van der Waals surface area contributed by atoms with Crippen LogP contribution in [0.3, 0.4) is 0 Å². The molecule has 0 radical (unpaired) electrons. The van der Waals surface area contributed by atoms with Crippen molar-refractivity contribution in [3.8, 4) is 11.1 Å². The van der Waals surface area contributed by atoms with Gasteiger partial charge < -0.3 is 4.90 Å². The van der Waals surface area contributed by atoms with E-state index >= 15 is 0 Å². The van der Waals surface area contributed by atoms with Crippen molar-refractivity contribution in [2.45, 2.75) is 47.2 Å². The molecule has 1 amide bonds. The maximum Gasteiger partial charge on any atom is 0.228 e. The first-order chi connectivity index (χ1) is 15.7. The van der Waals surface area contributed by atoms with Crippen LogP contribution in [0.4, 0.5) is 0 Å². The van der Waals surface area contributed by atoms with Crippen molar-refractivity contribution in [1.82, 2.24) is 9.80 Å². The minimum Gasteiger partial charge on any atom is -0.333 e. The van der Waals surface area contributed by atoms with E-state index in [0.29, 0.717) is 0 Å². The highest BCUT2D eigenvalue weighted by Crippen LogP contribution is 2.31. The molecule has 0 aromatic heterocycles. The van der Waals surface area contributed by atoms with E-state index in [9.17, 15) is 4.79 Å². The molecule has 3 aromatic carbocycles. The van der Waals surface area contributed by atoms with E-state index in [1.54, 1.807) is 0 Å². The lowest BCUT2D eigenvalue weighted by molar-refractivity contribution is -0.145. The largest absolute Gasteiger partial charge is 0.333 e. The van der Waals surface area contributed by atoms with Gasteiger partial charge in [0.2, 0.25) is 5.91 Å². The van der Waals surface area contributed by atoms with Crippen molar-refractivity contribution in [2.24, 2.45) is 5.41 Å². The number of hydrogen-bond acceptors (Lipinski definition) is 2. The standard InChI is InChI=1S/C30H36N2O/c1-22-11-12-23(2)27(19-22)25-15-13-24(14-16-25)20-31-17-18-32(29(33)30(3,4)5)28(21-31)26-9-7-6-8-10-26/h6-16,19,28H,17-18,20-21H2,1-5H3. The van der Waals surface area contributed by atoms with Crippen LogP contribution < -0.4 is 0 Å². The fraction of sp³-hybridized carbons (Fsp3) is 0.367. The molecule has 1 saturated heterocycles. The summed E-state index contributed by atoms with van der Waals surface area (Å²) in [6, 6.07) is 26.2. The molecule has 0 saturated carbocycles. The molecule has 3 heteroatoms. The van der Waals surface area contributed by atoms with Crippen LogP contribution in [0.15, 0.2) is 72.8 Å². The van der Waals surface area contributed by atoms with E-state index < -0.39 is 0 Å². The fourth-order valence-corrected chi connectivity index (χ4v) is 4.71. The monoisotopic (exact) mass is 440 g/mol. The summed E-state index contributed by atoms with van der Waals surface area (Å²) in [6.07, 6.45) is 0. The van der Waals surface area contributed by atoms with Crippen molar-refractivity contribution in [2.75, 3.05) is 19.6 Å². The van der Waals surface area contributed by atoms with Crippen LogP contribution in [0.5, 0.6) is 0 Å². The van der Waals surface area contributed by atoms with Gasteiger partial charge in [-0.3, -0.25) is 9.69 Å². The Morgan fingerprint density at radius 2 is 1.61 bits per heavy atom. The first-order valence-corrected chi connectivity index (χ1v) is 12.0. The molecule has 1 heterocycles. The molecule has 172 valence electrons. The van der Waals surface area contributed by atoms with Gasteiger partial charge in [0.05, 0.1) is 6.04 Å². The molecule has 0 aliphatic carbocycles. The zero-order valence-electron chi connectivity index (χ0n) is 20.6. The zero-order chi connectivity index (χ0) is 23.6. The van der Waals surface area contributed by atoms with Crippen LogP contribution in [-0.2, 0) is 11.3 Å². The Bertz CT molecular complexity index is 1100. The highest BCUT2D eigenvalue weighted by Gasteiger charge is 2.36. The summed E-state index contributed by atoms with van der Waals surface area (Å²) >= 11 is 0. The molecule has 3 aromatic rings. The van der Waals surface area contributed by atoms with Crippen LogP contribution in [0.25, 0.3) is 11.1 Å². The molecular weight excluding hydrogens is 404 g/mol. The minimum atomic E-state index is -0.376. The molecule has 1 aliphatic rings. The van der Waals surface area contributed by atoms with Gasteiger partial charge in [0.15, 0.2) is 0 Å². The summed E-state index contributed by atoms with van der Waals surface area (Å²) in [7, 11) is 0. The number of piperazine rings is 1. The topological polar surface area (TPSA) is 23.6 Å². The first kappa shape index (κ1) is 23.3. The van der Waals surface area contributed by atoms with E-state index in [1.807, 2.05) is 26.8 Å². The number of nitrogens with zero attached hydrogens (tertiary/aromatic N) is 2. The molecule has 4 rings (SSSR count). The second kappa shape index (κ2) is 9.52. The van der Waals surface area contributed by atoms with Gasteiger partial charge >= 0.3 is 0 Å². The average Bonchev–Trinajstić information content (AvgIpc) is 2.81. The Morgan fingerprint density at radius 1 is 0.909 bits per heavy atom. The van der Waals surface area contributed by atoms with Gasteiger partial charge in [-0.15, -0.1) is 0 Å². The third-order valence-corrected chi connectivity index (χ3v) is 6.62. The summed E-state index contributed by atoms with van der Waals surface area (Å²) in [5.74, 6) is 0.230. The Morgan fingerprint density at radius 3 is 2.27 bits per heavy atom. The van der Waals surface area contributed by atoms with Gasteiger partial charge in [-0.05, 0) is 41.7 Å². The van der Waals surface area contributed by atoms with Crippen molar-refractivity contribution in [3.05, 3.63) is 95.1 Å². The van der Waals surface area contributed by atoms with Crippen LogP contribution in [0.1, 0.15) is 49.1 Å².